The van der Waals surface area contributed by atoms with Crippen molar-refractivity contribution in [2.75, 3.05) is 0 Å². The summed E-state index contributed by atoms with van der Waals surface area (Å²) in [6.45, 7) is 5.93. The topological polar surface area (TPSA) is 55.1 Å². The number of rotatable bonds is 4. The summed E-state index contributed by atoms with van der Waals surface area (Å²) < 4.78 is 2.15. The van der Waals surface area contributed by atoms with Crippen LogP contribution >= 0.6 is 23.4 Å². The summed E-state index contributed by atoms with van der Waals surface area (Å²) in [5, 5.41) is 11.2. The zero-order valence-corrected chi connectivity index (χ0v) is 17.8. The highest BCUT2D eigenvalue weighted by molar-refractivity contribution is 7.99. The van der Waals surface area contributed by atoms with Crippen LogP contribution < -0.4 is 0 Å². The van der Waals surface area contributed by atoms with Gasteiger partial charge in [-0.3, -0.25) is 4.98 Å². The fourth-order valence-corrected chi connectivity index (χ4v) is 4.87. The molecular formula is C23H19ClN2O2S. The van der Waals surface area contributed by atoms with Crippen LogP contribution in [0.5, 0.6) is 0 Å². The van der Waals surface area contributed by atoms with E-state index in [0.29, 0.717) is 10.6 Å². The van der Waals surface area contributed by atoms with Crippen LogP contribution in [0.15, 0.2) is 64.6 Å². The number of aromatic carboxylic acids is 1. The van der Waals surface area contributed by atoms with Crippen molar-refractivity contribution in [3.8, 4) is 5.69 Å². The molecule has 0 saturated carbocycles. The van der Waals surface area contributed by atoms with Crippen molar-refractivity contribution in [2.24, 2.45) is 0 Å². The van der Waals surface area contributed by atoms with Crippen molar-refractivity contribution in [3.05, 3.63) is 82.3 Å². The van der Waals surface area contributed by atoms with Gasteiger partial charge in [0.15, 0.2) is 0 Å². The van der Waals surface area contributed by atoms with Gasteiger partial charge in [0.2, 0.25) is 0 Å². The van der Waals surface area contributed by atoms with E-state index in [2.05, 4.69) is 22.5 Å². The van der Waals surface area contributed by atoms with E-state index in [4.69, 9.17) is 11.6 Å². The van der Waals surface area contributed by atoms with Gasteiger partial charge >= 0.3 is 5.97 Å². The van der Waals surface area contributed by atoms with E-state index < -0.39 is 5.97 Å². The largest absolute Gasteiger partial charge is 0.478 e. The molecule has 0 amide bonds. The molecule has 2 heterocycles. The molecule has 2 aromatic carbocycles. The van der Waals surface area contributed by atoms with Gasteiger partial charge in [-0.05, 0) is 62.2 Å². The number of hydrogen-bond donors (Lipinski definition) is 1. The van der Waals surface area contributed by atoms with Gasteiger partial charge in [-0.1, -0.05) is 35.5 Å². The summed E-state index contributed by atoms with van der Waals surface area (Å²) in [4.78, 5) is 17.9. The fourth-order valence-electron chi connectivity index (χ4n) is 3.55. The van der Waals surface area contributed by atoms with Crippen LogP contribution in [-0.2, 0) is 0 Å². The summed E-state index contributed by atoms with van der Waals surface area (Å²) in [6, 6.07) is 13.3. The molecule has 1 N–H and O–H groups in total. The van der Waals surface area contributed by atoms with Gasteiger partial charge in [0.05, 0.1) is 23.0 Å². The summed E-state index contributed by atoms with van der Waals surface area (Å²) in [5.41, 5.74) is 5.18. The molecule has 0 radical (unpaired) electrons. The zero-order valence-electron chi connectivity index (χ0n) is 16.2. The Balaban J connectivity index is 1.94. The van der Waals surface area contributed by atoms with E-state index >= 15 is 0 Å². The Morgan fingerprint density at radius 3 is 2.62 bits per heavy atom. The smallest absolute Gasteiger partial charge is 0.335 e. The van der Waals surface area contributed by atoms with Crippen LogP contribution in [0.25, 0.3) is 16.6 Å². The molecule has 146 valence electrons. The lowest BCUT2D eigenvalue weighted by Crippen LogP contribution is -2.00. The number of carbonyl (C=O) groups is 1. The third-order valence-corrected chi connectivity index (χ3v) is 6.57. The van der Waals surface area contributed by atoms with Gasteiger partial charge in [-0.15, -0.1) is 0 Å². The Hall–Kier alpha value is -2.76. The Morgan fingerprint density at radius 2 is 1.90 bits per heavy atom. The number of halogens is 1. The maximum atomic E-state index is 11.5. The SMILES string of the molecule is Cc1cncc(-n2c(C)c(Sc3cccc(C(=O)O)c3C)c3ccc(Cl)cc32)c1. The second-order valence-electron chi connectivity index (χ2n) is 6.97. The monoisotopic (exact) mass is 422 g/mol. The first-order valence-corrected chi connectivity index (χ1v) is 10.3. The Labute approximate surface area is 178 Å². The summed E-state index contributed by atoms with van der Waals surface area (Å²) >= 11 is 7.89. The quantitative estimate of drug-likeness (QED) is 0.410. The number of pyridine rings is 1. The van der Waals surface area contributed by atoms with Gasteiger partial charge in [-0.2, -0.15) is 0 Å². The molecule has 0 atom stereocenters. The zero-order chi connectivity index (χ0) is 20.7. The molecule has 29 heavy (non-hydrogen) atoms. The van der Waals surface area contributed by atoms with E-state index in [1.807, 2.05) is 50.5 Å². The number of aryl methyl sites for hydroxylation is 1. The molecule has 6 heteroatoms. The van der Waals surface area contributed by atoms with Crippen LogP contribution in [0.4, 0.5) is 0 Å². The number of carboxylic acids is 1. The van der Waals surface area contributed by atoms with Crippen LogP contribution in [-0.4, -0.2) is 20.6 Å². The molecule has 0 fully saturated rings. The van der Waals surface area contributed by atoms with Crippen LogP contribution in [0.1, 0.15) is 27.2 Å². The Bertz CT molecular complexity index is 1260. The molecule has 0 bridgehead atoms. The minimum absolute atomic E-state index is 0.322. The Morgan fingerprint density at radius 1 is 1.10 bits per heavy atom. The summed E-state index contributed by atoms with van der Waals surface area (Å²) in [6.07, 6.45) is 3.67. The average molecular weight is 423 g/mol. The van der Waals surface area contributed by atoms with Crippen LogP contribution in [0, 0.1) is 20.8 Å². The van der Waals surface area contributed by atoms with Gasteiger partial charge < -0.3 is 9.67 Å². The second-order valence-corrected chi connectivity index (χ2v) is 8.46. The highest BCUT2D eigenvalue weighted by Crippen LogP contribution is 2.41. The first kappa shape index (κ1) is 19.6. The maximum absolute atomic E-state index is 11.5. The molecule has 4 aromatic rings. The summed E-state index contributed by atoms with van der Waals surface area (Å²) in [7, 11) is 0. The number of nitrogens with zero attached hydrogens (tertiary/aromatic N) is 2. The molecular weight excluding hydrogens is 404 g/mol. The lowest BCUT2D eigenvalue weighted by Gasteiger charge is -2.10. The maximum Gasteiger partial charge on any atom is 0.335 e. The van der Waals surface area contributed by atoms with E-state index in [1.165, 1.54) is 0 Å². The van der Waals surface area contributed by atoms with E-state index in [0.717, 1.165) is 43.2 Å². The lowest BCUT2D eigenvalue weighted by molar-refractivity contribution is 0.0696. The lowest BCUT2D eigenvalue weighted by atomic mass is 10.1. The van der Waals surface area contributed by atoms with E-state index in [-0.39, 0.29) is 0 Å². The number of aromatic nitrogens is 2. The number of hydrogen-bond acceptors (Lipinski definition) is 3. The van der Waals surface area contributed by atoms with Crippen LogP contribution in [0.2, 0.25) is 5.02 Å². The number of carboxylic acid groups (broad SMARTS) is 1. The van der Waals surface area contributed by atoms with Crippen molar-refractivity contribution in [2.45, 2.75) is 30.6 Å². The molecule has 0 aliphatic rings. The van der Waals surface area contributed by atoms with Crippen molar-refractivity contribution >= 4 is 40.2 Å². The van der Waals surface area contributed by atoms with Gasteiger partial charge in [-0.25, -0.2) is 4.79 Å². The fraction of sp³-hybridized carbons (Fsp3) is 0.130. The van der Waals surface area contributed by atoms with Crippen LogP contribution in [0.3, 0.4) is 0 Å². The molecule has 4 rings (SSSR count). The minimum atomic E-state index is -0.915. The molecule has 0 saturated heterocycles. The third kappa shape index (κ3) is 3.52. The molecule has 4 nitrogen and oxygen atoms in total. The van der Waals surface area contributed by atoms with Gasteiger partial charge in [0, 0.05) is 32.1 Å². The molecule has 0 unspecified atom stereocenters. The average Bonchev–Trinajstić information content (AvgIpc) is 2.94. The highest BCUT2D eigenvalue weighted by atomic mass is 35.5. The van der Waals surface area contributed by atoms with Gasteiger partial charge in [0.1, 0.15) is 0 Å². The van der Waals surface area contributed by atoms with E-state index in [9.17, 15) is 9.90 Å². The first-order chi connectivity index (χ1) is 13.9. The number of fused-ring (bicyclic) bond motifs is 1. The number of benzene rings is 2. The molecule has 2 aromatic heterocycles. The second kappa shape index (κ2) is 7.58. The first-order valence-electron chi connectivity index (χ1n) is 9.10. The predicted molar refractivity (Wildman–Crippen MR) is 118 cm³/mol. The van der Waals surface area contributed by atoms with Gasteiger partial charge in [0.25, 0.3) is 0 Å². The predicted octanol–water partition coefficient (Wildman–Crippen LogP) is 6.45. The van der Waals surface area contributed by atoms with Crippen molar-refractivity contribution in [1.29, 1.82) is 0 Å². The highest BCUT2D eigenvalue weighted by Gasteiger charge is 2.19. The molecule has 0 spiro atoms. The normalized spacial score (nSPS) is 11.2. The third-order valence-electron chi connectivity index (χ3n) is 4.95. The standard InChI is InChI=1S/C23H19ClN2O2S/c1-13-9-17(12-25-11-13)26-15(3)22(19-8-7-16(24)10-20(19)26)29-21-6-4-5-18(14(21)2)23(27)28/h4-12H,1-3H3,(H,27,28). The van der Waals surface area contributed by atoms with E-state index in [1.54, 1.807) is 23.9 Å². The Kier molecular flexibility index (Phi) is 5.11. The molecule has 0 aliphatic carbocycles. The van der Waals surface area contributed by atoms with Crippen molar-refractivity contribution in [3.63, 3.8) is 0 Å². The minimum Gasteiger partial charge on any atom is -0.478 e. The molecule has 0 aliphatic heterocycles. The van der Waals surface area contributed by atoms with Crippen molar-refractivity contribution in [1.82, 2.24) is 9.55 Å². The summed E-state index contributed by atoms with van der Waals surface area (Å²) in [5.74, 6) is -0.915. The van der Waals surface area contributed by atoms with Crippen molar-refractivity contribution < 1.29 is 9.90 Å².